The van der Waals surface area contributed by atoms with Crippen molar-refractivity contribution in [1.82, 2.24) is 9.97 Å². The number of rotatable bonds is 6. The van der Waals surface area contributed by atoms with Gasteiger partial charge in [-0.25, -0.2) is 14.8 Å². The molecular formula is C15H24N2O3. The number of unbranched alkanes of at least 4 members (excludes halogenated alkanes) is 2. The highest BCUT2D eigenvalue weighted by Gasteiger charge is 2.22. The summed E-state index contributed by atoms with van der Waals surface area (Å²) in [6.07, 6.45) is 4.99. The predicted molar refractivity (Wildman–Crippen MR) is 76.6 cm³/mol. The largest absolute Gasteiger partial charge is 0.455 e. The lowest BCUT2D eigenvalue weighted by Gasteiger charge is -2.20. The zero-order valence-electron chi connectivity index (χ0n) is 12.8. The molecule has 5 heteroatoms. The topological polar surface area (TPSA) is 72.3 Å². The Morgan fingerprint density at radius 3 is 2.60 bits per heavy atom. The standard InChI is InChI=1S/C15H24N2O3/c1-11-16-10-12(8-6-5-7-9-18)13(17-11)14(19)20-15(2,3)4/h10,18H,5-9H2,1-4H3. The van der Waals surface area contributed by atoms with Gasteiger partial charge in [-0.15, -0.1) is 0 Å². The van der Waals surface area contributed by atoms with Gasteiger partial charge in [0.25, 0.3) is 0 Å². The van der Waals surface area contributed by atoms with Crippen molar-refractivity contribution in [3.05, 3.63) is 23.3 Å². The van der Waals surface area contributed by atoms with E-state index in [9.17, 15) is 4.79 Å². The number of carbonyl (C=O) groups is 1. The molecule has 1 N–H and O–H groups in total. The van der Waals surface area contributed by atoms with Crippen LogP contribution in [0.1, 0.15) is 61.9 Å². The summed E-state index contributed by atoms with van der Waals surface area (Å²) >= 11 is 0. The highest BCUT2D eigenvalue weighted by atomic mass is 16.6. The first-order chi connectivity index (χ1) is 9.33. The molecule has 0 saturated heterocycles. The van der Waals surface area contributed by atoms with Crippen LogP contribution in [-0.4, -0.2) is 33.3 Å². The van der Waals surface area contributed by atoms with Gasteiger partial charge in [0.15, 0.2) is 5.69 Å². The molecule has 0 saturated carbocycles. The van der Waals surface area contributed by atoms with Gasteiger partial charge in [0.2, 0.25) is 0 Å². The summed E-state index contributed by atoms with van der Waals surface area (Å²) in [7, 11) is 0. The van der Waals surface area contributed by atoms with Gasteiger partial charge in [-0.3, -0.25) is 0 Å². The quantitative estimate of drug-likeness (QED) is 0.640. The summed E-state index contributed by atoms with van der Waals surface area (Å²) in [6, 6.07) is 0. The normalized spacial score (nSPS) is 11.4. The third-order valence-electron chi connectivity index (χ3n) is 2.68. The first-order valence-electron chi connectivity index (χ1n) is 7.00. The number of aryl methyl sites for hydroxylation is 2. The first-order valence-corrected chi connectivity index (χ1v) is 7.00. The van der Waals surface area contributed by atoms with Gasteiger partial charge in [-0.2, -0.15) is 0 Å². The molecular weight excluding hydrogens is 256 g/mol. The second-order valence-electron chi connectivity index (χ2n) is 5.83. The molecule has 0 bridgehead atoms. The van der Waals surface area contributed by atoms with Crippen LogP contribution >= 0.6 is 0 Å². The van der Waals surface area contributed by atoms with Gasteiger partial charge < -0.3 is 9.84 Å². The Balaban J connectivity index is 2.82. The van der Waals surface area contributed by atoms with Gasteiger partial charge in [0.1, 0.15) is 11.4 Å². The molecule has 1 aromatic rings. The number of ether oxygens (including phenoxy) is 1. The molecule has 0 aliphatic rings. The lowest BCUT2D eigenvalue weighted by Crippen LogP contribution is -2.25. The molecule has 0 aliphatic carbocycles. The van der Waals surface area contributed by atoms with E-state index >= 15 is 0 Å². The van der Waals surface area contributed by atoms with Crippen molar-refractivity contribution in [2.24, 2.45) is 0 Å². The Morgan fingerprint density at radius 2 is 2.00 bits per heavy atom. The fourth-order valence-corrected chi connectivity index (χ4v) is 1.79. The molecule has 1 aromatic heterocycles. The molecule has 0 spiro atoms. The Labute approximate surface area is 120 Å². The molecule has 20 heavy (non-hydrogen) atoms. The number of hydrogen-bond donors (Lipinski definition) is 1. The van der Waals surface area contributed by atoms with Gasteiger partial charge in [0.05, 0.1) is 0 Å². The van der Waals surface area contributed by atoms with Crippen molar-refractivity contribution in [3.8, 4) is 0 Å². The van der Waals surface area contributed by atoms with Gasteiger partial charge in [-0.1, -0.05) is 6.42 Å². The maximum Gasteiger partial charge on any atom is 0.357 e. The molecule has 1 rings (SSSR count). The fraction of sp³-hybridized carbons (Fsp3) is 0.667. The number of nitrogens with zero attached hydrogens (tertiary/aromatic N) is 2. The van der Waals surface area contributed by atoms with E-state index in [1.165, 1.54) is 0 Å². The summed E-state index contributed by atoms with van der Waals surface area (Å²) in [4.78, 5) is 20.5. The maximum absolute atomic E-state index is 12.2. The van der Waals surface area contributed by atoms with Crippen molar-refractivity contribution < 1.29 is 14.6 Å². The Bertz CT molecular complexity index is 453. The minimum absolute atomic E-state index is 0.198. The van der Waals surface area contributed by atoms with Gasteiger partial charge in [-0.05, 0) is 47.0 Å². The van der Waals surface area contributed by atoms with Crippen LogP contribution in [0.2, 0.25) is 0 Å². The van der Waals surface area contributed by atoms with Crippen LogP contribution in [-0.2, 0) is 11.2 Å². The SMILES string of the molecule is Cc1ncc(CCCCCO)c(C(=O)OC(C)(C)C)n1. The molecule has 0 amide bonds. The first kappa shape index (κ1) is 16.6. The van der Waals surface area contributed by atoms with Crippen molar-refractivity contribution >= 4 is 5.97 Å². The predicted octanol–water partition coefficient (Wildman–Crippen LogP) is 2.45. The monoisotopic (exact) mass is 280 g/mol. The van der Waals surface area contributed by atoms with Crippen LogP contribution in [0.25, 0.3) is 0 Å². The van der Waals surface area contributed by atoms with E-state index < -0.39 is 11.6 Å². The van der Waals surface area contributed by atoms with E-state index in [4.69, 9.17) is 9.84 Å². The van der Waals surface area contributed by atoms with Crippen LogP contribution in [0.5, 0.6) is 0 Å². The molecule has 112 valence electrons. The molecule has 0 fully saturated rings. The number of aliphatic hydroxyl groups excluding tert-OH is 1. The molecule has 0 aliphatic heterocycles. The Kier molecular flexibility index (Phi) is 6.07. The summed E-state index contributed by atoms with van der Waals surface area (Å²) in [5.41, 5.74) is 0.628. The van der Waals surface area contributed by atoms with E-state index in [1.54, 1.807) is 13.1 Å². The third kappa shape index (κ3) is 5.65. The third-order valence-corrected chi connectivity index (χ3v) is 2.68. The zero-order valence-corrected chi connectivity index (χ0v) is 12.8. The molecule has 0 aromatic carbocycles. The van der Waals surface area contributed by atoms with Crippen molar-refractivity contribution in [2.75, 3.05) is 6.61 Å². The summed E-state index contributed by atoms with van der Waals surface area (Å²) in [5, 5.41) is 8.77. The molecule has 5 nitrogen and oxygen atoms in total. The Hall–Kier alpha value is -1.49. The van der Waals surface area contributed by atoms with Crippen LogP contribution in [0.15, 0.2) is 6.20 Å². The fourth-order valence-electron chi connectivity index (χ4n) is 1.79. The van der Waals surface area contributed by atoms with E-state index in [0.29, 0.717) is 11.5 Å². The maximum atomic E-state index is 12.2. The Morgan fingerprint density at radius 1 is 1.30 bits per heavy atom. The average Bonchev–Trinajstić information content (AvgIpc) is 2.34. The number of hydrogen-bond acceptors (Lipinski definition) is 5. The second kappa shape index (κ2) is 7.33. The second-order valence-corrected chi connectivity index (χ2v) is 5.83. The number of carbonyl (C=O) groups excluding carboxylic acids is 1. The lowest BCUT2D eigenvalue weighted by molar-refractivity contribution is 0.00609. The van der Waals surface area contributed by atoms with Gasteiger partial charge >= 0.3 is 5.97 Å². The van der Waals surface area contributed by atoms with Crippen LogP contribution in [0, 0.1) is 6.92 Å². The van der Waals surface area contributed by atoms with E-state index in [-0.39, 0.29) is 6.61 Å². The number of aromatic nitrogens is 2. The highest BCUT2D eigenvalue weighted by molar-refractivity contribution is 5.89. The minimum atomic E-state index is -0.538. The van der Waals surface area contributed by atoms with Crippen LogP contribution in [0.3, 0.4) is 0 Å². The summed E-state index contributed by atoms with van der Waals surface area (Å²) < 4.78 is 5.38. The highest BCUT2D eigenvalue weighted by Crippen LogP contribution is 2.16. The molecule has 0 unspecified atom stereocenters. The number of esters is 1. The molecule has 1 heterocycles. The van der Waals surface area contributed by atoms with Crippen molar-refractivity contribution in [1.29, 1.82) is 0 Å². The van der Waals surface area contributed by atoms with E-state index in [0.717, 1.165) is 31.2 Å². The summed E-state index contributed by atoms with van der Waals surface area (Å²) in [5.74, 6) is 0.158. The van der Waals surface area contributed by atoms with Crippen LogP contribution in [0.4, 0.5) is 0 Å². The molecule has 0 atom stereocenters. The minimum Gasteiger partial charge on any atom is -0.455 e. The van der Waals surface area contributed by atoms with E-state index in [1.807, 2.05) is 20.8 Å². The van der Waals surface area contributed by atoms with Crippen molar-refractivity contribution in [2.45, 2.75) is 59.0 Å². The van der Waals surface area contributed by atoms with Crippen LogP contribution < -0.4 is 0 Å². The summed E-state index contributed by atoms with van der Waals surface area (Å²) in [6.45, 7) is 7.45. The van der Waals surface area contributed by atoms with Crippen molar-refractivity contribution in [3.63, 3.8) is 0 Å². The zero-order chi connectivity index (χ0) is 15.2. The number of aliphatic hydroxyl groups is 1. The van der Waals surface area contributed by atoms with Gasteiger partial charge in [0, 0.05) is 18.4 Å². The van der Waals surface area contributed by atoms with E-state index in [2.05, 4.69) is 9.97 Å². The smallest absolute Gasteiger partial charge is 0.357 e. The average molecular weight is 280 g/mol. The lowest BCUT2D eigenvalue weighted by atomic mass is 10.1. The molecule has 0 radical (unpaired) electrons.